The first kappa shape index (κ1) is 17.6. The fraction of sp³-hybridized carbons (Fsp3) is 0.400. The third-order valence-corrected chi connectivity index (χ3v) is 4.68. The zero-order valence-electron chi connectivity index (χ0n) is 14.2. The summed E-state index contributed by atoms with van der Waals surface area (Å²) in [5.41, 5.74) is 1.86. The van der Waals surface area contributed by atoms with E-state index < -0.39 is 37.0 Å². The van der Waals surface area contributed by atoms with Crippen LogP contribution in [0.5, 0.6) is 0 Å². The number of hydrogen-bond donors (Lipinski definition) is 2. The van der Waals surface area contributed by atoms with Gasteiger partial charge in [-0.2, -0.15) is 0 Å². The summed E-state index contributed by atoms with van der Waals surface area (Å²) in [4.78, 5) is 0. The van der Waals surface area contributed by atoms with Gasteiger partial charge in [0.15, 0.2) is 12.6 Å². The molecule has 0 spiro atoms. The second-order valence-corrected chi connectivity index (χ2v) is 6.49. The topological polar surface area (TPSA) is 77.4 Å². The third kappa shape index (κ3) is 3.66. The van der Waals surface area contributed by atoms with Crippen molar-refractivity contribution >= 4 is 0 Å². The number of rotatable bonds is 4. The first-order chi connectivity index (χ1) is 12.7. The second kappa shape index (κ2) is 7.84. The first-order valence-electron chi connectivity index (χ1n) is 8.71. The molecule has 6 atom stereocenters. The molecule has 0 bridgehead atoms. The number of benzene rings is 2. The van der Waals surface area contributed by atoms with Crippen molar-refractivity contribution < 1.29 is 29.2 Å². The van der Waals surface area contributed by atoms with Gasteiger partial charge in [0.1, 0.15) is 24.4 Å². The first-order valence-corrected chi connectivity index (χ1v) is 8.71. The van der Waals surface area contributed by atoms with E-state index in [-0.39, 0.29) is 6.61 Å². The zero-order valence-corrected chi connectivity index (χ0v) is 14.2. The molecule has 2 aromatic rings. The van der Waals surface area contributed by atoms with Crippen LogP contribution in [0.1, 0.15) is 17.4 Å². The molecular formula is C20H22O6. The van der Waals surface area contributed by atoms with E-state index in [9.17, 15) is 10.2 Å². The van der Waals surface area contributed by atoms with Crippen LogP contribution in [0.3, 0.4) is 0 Å². The van der Waals surface area contributed by atoms with Crippen molar-refractivity contribution in [2.24, 2.45) is 0 Å². The maximum atomic E-state index is 10.4. The standard InChI is InChI=1S/C20H22O6/c21-16-18(23-11-13-7-3-1-4-8-13)17-15(25-19(16)22)12-24-20(26-17)14-9-5-2-6-10-14/h1-10,15-22H,11-12H2/t15-,16-,17-,18-,19?,20?/m1/s1. The number of fused-ring (bicyclic) bond motifs is 1. The average Bonchev–Trinajstić information content (AvgIpc) is 2.69. The molecule has 2 aliphatic rings. The lowest BCUT2D eigenvalue weighted by Crippen LogP contribution is -2.62. The molecule has 2 heterocycles. The van der Waals surface area contributed by atoms with Crippen LogP contribution in [0.15, 0.2) is 60.7 Å². The van der Waals surface area contributed by atoms with Crippen LogP contribution in [0.25, 0.3) is 0 Å². The molecule has 2 unspecified atom stereocenters. The normalized spacial score (nSPS) is 34.2. The zero-order chi connectivity index (χ0) is 17.9. The van der Waals surface area contributed by atoms with Gasteiger partial charge in [0, 0.05) is 5.56 Å². The van der Waals surface area contributed by atoms with E-state index in [0.29, 0.717) is 6.61 Å². The summed E-state index contributed by atoms with van der Waals surface area (Å²) in [5, 5.41) is 20.4. The highest BCUT2D eigenvalue weighted by molar-refractivity contribution is 5.17. The van der Waals surface area contributed by atoms with Gasteiger partial charge in [0.05, 0.1) is 13.2 Å². The Morgan fingerprint density at radius 3 is 2.35 bits per heavy atom. The Bertz CT molecular complexity index is 694. The van der Waals surface area contributed by atoms with Crippen molar-refractivity contribution in [2.45, 2.75) is 43.6 Å². The minimum absolute atomic E-state index is 0.249. The highest BCUT2D eigenvalue weighted by atomic mass is 16.7. The summed E-state index contributed by atoms with van der Waals surface area (Å²) < 4.78 is 23.2. The van der Waals surface area contributed by atoms with Gasteiger partial charge >= 0.3 is 0 Å². The molecule has 0 aliphatic carbocycles. The van der Waals surface area contributed by atoms with Crippen molar-refractivity contribution in [1.29, 1.82) is 0 Å². The van der Waals surface area contributed by atoms with Gasteiger partial charge in [-0.15, -0.1) is 0 Å². The molecule has 0 radical (unpaired) electrons. The van der Waals surface area contributed by atoms with E-state index >= 15 is 0 Å². The van der Waals surface area contributed by atoms with E-state index in [4.69, 9.17) is 18.9 Å². The van der Waals surface area contributed by atoms with Crippen LogP contribution in [0.4, 0.5) is 0 Å². The van der Waals surface area contributed by atoms with Crippen LogP contribution < -0.4 is 0 Å². The molecule has 2 N–H and O–H groups in total. The summed E-state index contributed by atoms with van der Waals surface area (Å²) in [5.74, 6) is 0. The Morgan fingerprint density at radius 2 is 1.62 bits per heavy atom. The van der Waals surface area contributed by atoms with Gasteiger partial charge in [-0.25, -0.2) is 0 Å². The van der Waals surface area contributed by atoms with E-state index in [1.807, 2.05) is 60.7 Å². The highest BCUT2D eigenvalue weighted by Crippen LogP contribution is 2.35. The predicted octanol–water partition coefficient (Wildman–Crippen LogP) is 1.76. The van der Waals surface area contributed by atoms with Crippen molar-refractivity contribution in [2.75, 3.05) is 6.61 Å². The van der Waals surface area contributed by atoms with Crippen molar-refractivity contribution in [3.63, 3.8) is 0 Å². The van der Waals surface area contributed by atoms with Crippen molar-refractivity contribution in [1.82, 2.24) is 0 Å². The summed E-state index contributed by atoms with van der Waals surface area (Å²) >= 11 is 0. The quantitative estimate of drug-likeness (QED) is 0.867. The fourth-order valence-electron chi connectivity index (χ4n) is 3.31. The Labute approximate surface area is 151 Å². The Hall–Kier alpha value is -1.80. The summed E-state index contributed by atoms with van der Waals surface area (Å²) in [6, 6.07) is 19.2. The van der Waals surface area contributed by atoms with Crippen LogP contribution in [0.2, 0.25) is 0 Å². The second-order valence-electron chi connectivity index (χ2n) is 6.49. The molecule has 138 valence electrons. The van der Waals surface area contributed by atoms with Gasteiger partial charge in [-0.05, 0) is 5.56 Å². The average molecular weight is 358 g/mol. The minimum atomic E-state index is -1.34. The fourth-order valence-corrected chi connectivity index (χ4v) is 3.31. The Balaban J connectivity index is 1.50. The largest absolute Gasteiger partial charge is 0.385 e. The van der Waals surface area contributed by atoms with Crippen molar-refractivity contribution in [3.8, 4) is 0 Å². The summed E-state index contributed by atoms with van der Waals surface area (Å²) in [6.07, 6.45) is -4.87. The summed E-state index contributed by atoms with van der Waals surface area (Å²) in [7, 11) is 0. The van der Waals surface area contributed by atoms with E-state index in [2.05, 4.69) is 0 Å². The lowest BCUT2D eigenvalue weighted by Gasteiger charge is -2.46. The monoisotopic (exact) mass is 358 g/mol. The smallest absolute Gasteiger partial charge is 0.184 e. The molecule has 4 rings (SSSR count). The molecule has 0 aromatic heterocycles. The summed E-state index contributed by atoms with van der Waals surface area (Å²) in [6.45, 7) is 0.554. The maximum absolute atomic E-state index is 10.4. The third-order valence-electron chi connectivity index (χ3n) is 4.68. The van der Waals surface area contributed by atoms with Gasteiger partial charge < -0.3 is 29.2 Å². The highest BCUT2D eigenvalue weighted by Gasteiger charge is 2.49. The van der Waals surface area contributed by atoms with Crippen LogP contribution in [-0.4, -0.2) is 47.5 Å². The van der Waals surface area contributed by atoms with Gasteiger partial charge in [0.25, 0.3) is 0 Å². The molecule has 2 fully saturated rings. The van der Waals surface area contributed by atoms with Crippen LogP contribution in [-0.2, 0) is 25.6 Å². The molecule has 2 aromatic carbocycles. The number of hydrogen-bond acceptors (Lipinski definition) is 6. The lowest BCUT2D eigenvalue weighted by molar-refractivity contribution is -0.360. The van der Waals surface area contributed by atoms with Gasteiger partial charge in [-0.3, -0.25) is 0 Å². The molecule has 0 saturated carbocycles. The van der Waals surface area contributed by atoms with Gasteiger partial charge in [0.2, 0.25) is 0 Å². The van der Waals surface area contributed by atoms with E-state index in [1.165, 1.54) is 0 Å². The van der Waals surface area contributed by atoms with E-state index in [0.717, 1.165) is 11.1 Å². The molecule has 26 heavy (non-hydrogen) atoms. The molecule has 6 nitrogen and oxygen atoms in total. The van der Waals surface area contributed by atoms with Crippen LogP contribution in [0, 0.1) is 0 Å². The molecule has 0 amide bonds. The van der Waals surface area contributed by atoms with Crippen molar-refractivity contribution in [3.05, 3.63) is 71.8 Å². The molecule has 2 saturated heterocycles. The number of aliphatic hydroxyl groups excluding tert-OH is 2. The predicted molar refractivity (Wildman–Crippen MR) is 91.9 cm³/mol. The molecular weight excluding hydrogens is 336 g/mol. The number of ether oxygens (including phenoxy) is 4. The van der Waals surface area contributed by atoms with Crippen LogP contribution >= 0.6 is 0 Å². The van der Waals surface area contributed by atoms with Gasteiger partial charge in [-0.1, -0.05) is 60.7 Å². The minimum Gasteiger partial charge on any atom is -0.385 e. The Morgan fingerprint density at radius 1 is 0.923 bits per heavy atom. The maximum Gasteiger partial charge on any atom is 0.184 e. The number of aliphatic hydroxyl groups is 2. The lowest BCUT2D eigenvalue weighted by atomic mass is 9.97. The van der Waals surface area contributed by atoms with E-state index in [1.54, 1.807) is 0 Å². The Kier molecular flexibility index (Phi) is 5.31. The SMILES string of the molecule is OC1O[C@@H]2COC(c3ccccc3)O[C@H]2[C@H](OCc2ccccc2)[C@H]1O. The molecule has 2 aliphatic heterocycles. The molecule has 6 heteroatoms.